The fourth-order valence-electron chi connectivity index (χ4n) is 4.74. The molecular formula is C21H27FN6O3. The molecule has 1 aromatic heterocycles. The van der Waals surface area contributed by atoms with Crippen LogP contribution >= 0.6 is 0 Å². The van der Waals surface area contributed by atoms with Crippen molar-refractivity contribution in [2.75, 3.05) is 39.6 Å². The molecule has 2 atom stereocenters. The van der Waals surface area contributed by atoms with Gasteiger partial charge in [-0.15, -0.1) is 0 Å². The van der Waals surface area contributed by atoms with Crippen molar-refractivity contribution >= 4 is 10.9 Å². The number of ether oxygens (including phenoxy) is 1. The van der Waals surface area contributed by atoms with E-state index in [-0.39, 0.29) is 29.1 Å². The van der Waals surface area contributed by atoms with Crippen LogP contribution in [0.2, 0.25) is 0 Å². The van der Waals surface area contributed by atoms with Crippen LogP contribution in [0.4, 0.5) is 4.39 Å². The van der Waals surface area contributed by atoms with Gasteiger partial charge in [-0.1, -0.05) is 0 Å². The molecule has 1 saturated carbocycles. The largest absolute Gasteiger partial charge is 0.494 e. The quantitative estimate of drug-likeness (QED) is 0.626. The van der Waals surface area contributed by atoms with Crippen molar-refractivity contribution in [1.82, 2.24) is 19.5 Å². The third-order valence-electron chi connectivity index (χ3n) is 6.35. The fraction of sp³-hybridized carbons (Fsp3) is 0.571. The van der Waals surface area contributed by atoms with Crippen LogP contribution in [0.15, 0.2) is 15.7 Å². The summed E-state index contributed by atoms with van der Waals surface area (Å²) in [5.74, 6) is 5.41. The average Bonchev–Trinajstić information content (AvgIpc) is 3.45. The smallest absolute Gasteiger partial charge is 0.350 e. The highest BCUT2D eigenvalue weighted by Gasteiger charge is 2.37. The van der Waals surface area contributed by atoms with E-state index in [1.54, 1.807) is 0 Å². The molecule has 2 heterocycles. The summed E-state index contributed by atoms with van der Waals surface area (Å²) in [6, 6.07) is 2.83. The lowest BCUT2D eigenvalue weighted by molar-refractivity contribution is 0.179. The Morgan fingerprint density at radius 3 is 2.74 bits per heavy atom. The van der Waals surface area contributed by atoms with E-state index in [4.69, 9.17) is 15.8 Å². The van der Waals surface area contributed by atoms with Crippen molar-refractivity contribution in [1.29, 1.82) is 5.26 Å². The Labute approximate surface area is 178 Å². The molecule has 2 aliphatic rings. The molecule has 0 bridgehead atoms. The molecule has 9 nitrogen and oxygen atoms in total. The number of halogens is 1. The van der Waals surface area contributed by atoms with E-state index in [1.807, 2.05) is 11.9 Å². The van der Waals surface area contributed by atoms with E-state index < -0.39 is 17.1 Å². The number of fused-ring (bicyclic) bond motifs is 1. The van der Waals surface area contributed by atoms with Crippen LogP contribution in [-0.2, 0) is 0 Å². The summed E-state index contributed by atoms with van der Waals surface area (Å²) < 4.78 is 23.4. The highest BCUT2D eigenvalue weighted by atomic mass is 19.1. The summed E-state index contributed by atoms with van der Waals surface area (Å²) in [6.45, 7) is 1.97. The van der Waals surface area contributed by atoms with Crippen LogP contribution in [0.1, 0.15) is 43.3 Å². The van der Waals surface area contributed by atoms with Crippen LogP contribution < -0.4 is 27.1 Å². The summed E-state index contributed by atoms with van der Waals surface area (Å²) in [6.07, 6.45) is 2.69. The summed E-state index contributed by atoms with van der Waals surface area (Å²) in [7, 11) is 3.28. The number of methoxy groups -OCH3 is 1. The first-order chi connectivity index (χ1) is 14.9. The summed E-state index contributed by atoms with van der Waals surface area (Å²) in [5, 5.41) is 12.4. The van der Waals surface area contributed by atoms with E-state index in [2.05, 4.69) is 11.4 Å². The minimum atomic E-state index is -0.752. The third kappa shape index (κ3) is 3.58. The summed E-state index contributed by atoms with van der Waals surface area (Å²) in [4.78, 5) is 27.5. The Balaban J connectivity index is 2.03. The van der Waals surface area contributed by atoms with E-state index in [0.29, 0.717) is 35.3 Å². The summed E-state index contributed by atoms with van der Waals surface area (Å²) in [5.41, 5.74) is -0.778. The van der Waals surface area contributed by atoms with Gasteiger partial charge in [0, 0.05) is 30.6 Å². The number of hydrogen-bond donors (Lipinski definition) is 2. The molecule has 2 fully saturated rings. The molecule has 1 aromatic carbocycles. The van der Waals surface area contributed by atoms with Gasteiger partial charge < -0.3 is 15.9 Å². The van der Waals surface area contributed by atoms with Crippen molar-refractivity contribution < 1.29 is 9.13 Å². The number of nitrogens with one attached hydrogen (secondary N) is 1. The molecule has 0 spiro atoms. The third-order valence-corrected chi connectivity index (χ3v) is 6.35. The molecule has 0 radical (unpaired) electrons. The topological polar surface area (TPSA) is 118 Å². The van der Waals surface area contributed by atoms with Crippen LogP contribution in [0.5, 0.6) is 5.75 Å². The SMILES string of the molecule is COc1c(C(C2CCNC2)N(C)CCC#N)c(F)cc2c(=O)n(N)c(=O)n(C3CC3)c12. The van der Waals surface area contributed by atoms with Gasteiger partial charge >= 0.3 is 5.69 Å². The Bertz CT molecular complexity index is 1160. The zero-order chi connectivity index (χ0) is 22.3. The molecule has 10 heteroatoms. The van der Waals surface area contributed by atoms with Gasteiger partial charge in [-0.2, -0.15) is 9.94 Å². The van der Waals surface area contributed by atoms with Crippen molar-refractivity contribution in [2.45, 2.75) is 37.8 Å². The molecule has 2 aromatic rings. The lowest BCUT2D eigenvalue weighted by Gasteiger charge is -2.34. The summed E-state index contributed by atoms with van der Waals surface area (Å²) >= 11 is 0. The number of benzene rings is 1. The average molecular weight is 430 g/mol. The molecule has 166 valence electrons. The van der Waals surface area contributed by atoms with Gasteiger partial charge in [0.05, 0.1) is 18.6 Å². The second kappa shape index (κ2) is 8.32. The monoisotopic (exact) mass is 430 g/mol. The molecule has 1 saturated heterocycles. The first-order valence-corrected chi connectivity index (χ1v) is 10.5. The fourth-order valence-corrected chi connectivity index (χ4v) is 4.74. The Morgan fingerprint density at radius 2 is 2.16 bits per heavy atom. The van der Waals surface area contributed by atoms with Crippen molar-refractivity contribution in [2.24, 2.45) is 5.92 Å². The Hall–Kier alpha value is -2.90. The van der Waals surface area contributed by atoms with Crippen LogP contribution in [0.25, 0.3) is 10.9 Å². The molecule has 4 rings (SSSR count). The van der Waals surface area contributed by atoms with Gasteiger partial charge in [0.25, 0.3) is 5.56 Å². The maximum atomic E-state index is 15.6. The second-order valence-corrected chi connectivity index (χ2v) is 8.35. The number of aromatic nitrogens is 2. The Kier molecular flexibility index (Phi) is 5.73. The molecule has 0 amide bonds. The van der Waals surface area contributed by atoms with Crippen LogP contribution in [0.3, 0.4) is 0 Å². The number of nitrogen functional groups attached to an aromatic ring is 1. The second-order valence-electron chi connectivity index (χ2n) is 8.35. The van der Waals surface area contributed by atoms with Crippen molar-refractivity contribution in [3.63, 3.8) is 0 Å². The lowest BCUT2D eigenvalue weighted by atomic mass is 9.89. The van der Waals surface area contributed by atoms with Gasteiger partial charge in [-0.25, -0.2) is 9.18 Å². The van der Waals surface area contributed by atoms with E-state index in [9.17, 15) is 9.59 Å². The number of nitriles is 1. The highest BCUT2D eigenvalue weighted by molar-refractivity contribution is 5.86. The van der Waals surface area contributed by atoms with E-state index >= 15 is 4.39 Å². The number of nitrogens with two attached hydrogens (primary N) is 1. The van der Waals surface area contributed by atoms with Gasteiger partial charge in [0.1, 0.15) is 11.3 Å². The zero-order valence-corrected chi connectivity index (χ0v) is 17.7. The standard InChI is InChI=1S/C21H27FN6O3/c1-26(9-3-7-23)17(12-6-8-25-11-12)16-15(22)10-14-18(19(16)31-2)27(13-4-5-13)21(30)28(24)20(14)29/h10,12-13,17,25H,3-6,8-9,11,24H2,1-2H3. The predicted octanol–water partition coefficient (Wildman–Crippen LogP) is 0.856. The van der Waals surface area contributed by atoms with Gasteiger partial charge in [-0.05, 0) is 51.4 Å². The molecule has 31 heavy (non-hydrogen) atoms. The predicted molar refractivity (Wildman–Crippen MR) is 114 cm³/mol. The van der Waals surface area contributed by atoms with E-state index in [0.717, 1.165) is 25.8 Å². The van der Waals surface area contributed by atoms with Gasteiger partial charge in [0.15, 0.2) is 5.75 Å². The first-order valence-electron chi connectivity index (χ1n) is 10.5. The zero-order valence-electron chi connectivity index (χ0n) is 17.7. The molecular weight excluding hydrogens is 403 g/mol. The molecule has 2 unspecified atom stereocenters. The lowest BCUT2D eigenvalue weighted by Crippen LogP contribution is -2.44. The maximum absolute atomic E-state index is 15.6. The maximum Gasteiger partial charge on any atom is 0.350 e. The minimum absolute atomic E-state index is 0.0232. The minimum Gasteiger partial charge on any atom is -0.494 e. The first kappa shape index (κ1) is 21.3. The van der Waals surface area contributed by atoms with Gasteiger partial charge in [-0.3, -0.25) is 14.3 Å². The van der Waals surface area contributed by atoms with Crippen LogP contribution in [0, 0.1) is 23.1 Å². The van der Waals surface area contributed by atoms with Crippen molar-refractivity contribution in [3.8, 4) is 11.8 Å². The number of rotatable bonds is 7. The highest BCUT2D eigenvalue weighted by Crippen LogP contribution is 2.44. The van der Waals surface area contributed by atoms with Gasteiger partial charge in [0.2, 0.25) is 0 Å². The van der Waals surface area contributed by atoms with Crippen LogP contribution in [-0.4, -0.2) is 47.9 Å². The Morgan fingerprint density at radius 1 is 1.42 bits per heavy atom. The number of nitrogens with zero attached hydrogens (tertiary/aromatic N) is 4. The van der Waals surface area contributed by atoms with E-state index in [1.165, 1.54) is 17.7 Å². The number of hydrogen-bond acceptors (Lipinski definition) is 7. The molecule has 1 aliphatic carbocycles. The molecule has 1 aliphatic heterocycles. The normalized spacial score (nSPS) is 19.6. The van der Waals surface area contributed by atoms with Crippen molar-refractivity contribution in [3.05, 3.63) is 38.3 Å². The molecule has 3 N–H and O–H groups in total.